The van der Waals surface area contributed by atoms with Gasteiger partial charge < -0.3 is 15.9 Å². The number of rotatable bonds is 2. The molecule has 4 nitrogen and oxygen atoms in total. The average molecular weight is 231 g/mol. The third-order valence-electron chi connectivity index (χ3n) is 2.18. The summed E-state index contributed by atoms with van der Waals surface area (Å²) in [7, 11) is 0. The van der Waals surface area contributed by atoms with E-state index in [2.05, 4.69) is 5.32 Å². The van der Waals surface area contributed by atoms with Gasteiger partial charge in [0.15, 0.2) is 0 Å². The van der Waals surface area contributed by atoms with E-state index in [1.54, 1.807) is 30.3 Å². The highest BCUT2D eigenvalue weighted by Crippen LogP contribution is 2.17. The number of carbonyl (C=O) groups excluding carboxylic acids is 1. The summed E-state index contributed by atoms with van der Waals surface area (Å²) >= 11 is 0. The Morgan fingerprint density at radius 3 is 2.18 bits per heavy atom. The number of benzene rings is 2. The van der Waals surface area contributed by atoms with E-state index in [4.69, 9.17) is 0 Å². The van der Waals surface area contributed by atoms with Crippen LogP contribution in [0.15, 0.2) is 54.6 Å². The summed E-state index contributed by atoms with van der Waals surface area (Å²) in [5.74, 6) is -0.333. The molecule has 0 unspecified atom stereocenters. The second kappa shape index (κ2) is 5.67. The lowest BCUT2D eigenvalue weighted by molar-refractivity contribution is 0.102. The first-order chi connectivity index (χ1) is 7.77. The molecule has 0 aliphatic heterocycles. The molecule has 0 radical (unpaired) electrons. The van der Waals surface area contributed by atoms with E-state index in [1.807, 2.05) is 18.2 Å². The van der Waals surface area contributed by atoms with Crippen LogP contribution in [0.25, 0.3) is 0 Å². The van der Waals surface area contributed by atoms with E-state index in [0.29, 0.717) is 5.69 Å². The largest absolute Gasteiger partial charge is 0.507 e. The molecule has 0 spiro atoms. The summed E-state index contributed by atoms with van der Waals surface area (Å²) in [4.78, 5) is 11.8. The molecule has 17 heavy (non-hydrogen) atoms. The van der Waals surface area contributed by atoms with Gasteiger partial charge in [0.05, 0.1) is 5.56 Å². The Morgan fingerprint density at radius 2 is 1.53 bits per heavy atom. The van der Waals surface area contributed by atoms with Crippen molar-refractivity contribution < 1.29 is 15.4 Å². The van der Waals surface area contributed by atoms with Crippen LogP contribution in [0.3, 0.4) is 0 Å². The lowest BCUT2D eigenvalue weighted by Crippen LogP contribution is -2.11. The fourth-order valence-corrected chi connectivity index (χ4v) is 1.39. The molecule has 0 bridgehead atoms. The Kier molecular flexibility index (Phi) is 4.25. The van der Waals surface area contributed by atoms with Crippen LogP contribution in [0.5, 0.6) is 5.75 Å². The van der Waals surface area contributed by atoms with E-state index in [0.717, 1.165) is 0 Å². The van der Waals surface area contributed by atoms with Crippen molar-refractivity contribution in [2.24, 2.45) is 0 Å². The molecule has 0 saturated carbocycles. The van der Waals surface area contributed by atoms with Crippen LogP contribution in [0.1, 0.15) is 10.4 Å². The summed E-state index contributed by atoms with van der Waals surface area (Å²) in [5, 5.41) is 12.2. The molecule has 0 aliphatic carbocycles. The highest BCUT2D eigenvalue weighted by atomic mass is 16.3. The van der Waals surface area contributed by atoms with Crippen LogP contribution >= 0.6 is 0 Å². The Morgan fingerprint density at radius 1 is 0.941 bits per heavy atom. The minimum absolute atomic E-state index is 0. The van der Waals surface area contributed by atoms with Gasteiger partial charge in [-0.2, -0.15) is 0 Å². The average Bonchev–Trinajstić information content (AvgIpc) is 2.31. The van der Waals surface area contributed by atoms with E-state index < -0.39 is 0 Å². The molecule has 2 rings (SSSR count). The summed E-state index contributed by atoms with van der Waals surface area (Å²) in [6, 6.07) is 15.6. The van der Waals surface area contributed by atoms with Gasteiger partial charge in [-0.25, -0.2) is 0 Å². The van der Waals surface area contributed by atoms with E-state index in [-0.39, 0.29) is 22.7 Å². The van der Waals surface area contributed by atoms with E-state index in [1.165, 1.54) is 6.07 Å². The zero-order valence-corrected chi connectivity index (χ0v) is 9.05. The number of hydrogen-bond donors (Lipinski definition) is 2. The standard InChI is InChI=1S/C13H11NO2.H2O/c15-12-9-5-4-8-11(12)13(16)14-10-6-2-1-3-7-10;/h1-9,15H,(H,14,16);1H2. The van der Waals surface area contributed by atoms with Crippen LogP contribution in [-0.2, 0) is 0 Å². The van der Waals surface area contributed by atoms with Crippen molar-refractivity contribution in [3.63, 3.8) is 0 Å². The van der Waals surface area contributed by atoms with Gasteiger partial charge in [0.2, 0.25) is 0 Å². The van der Waals surface area contributed by atoms with Gasteiger partial charge in [0.25, 0.3) is 5.91 Å². The zero-order chi connectivity index (χ0) is 11.4. The van der Waals surface area contributed by atoms with Crippen molar-refractivity contribution in [2.75, 3.05) is 5.32 Å². The molecule has 88 valence electrons. The second-order valence-corrected chi connectivity index (χ2v) is 3.34. The maximum Gasteiger partial charge on any atom is 0.259 e. The van der Waals surface area contributed by atoms with Gasteiger partial charge in [-0.1, -0.05) is 30.3 Å². The molecule has 0 heterocycles. The minimum Gasteiger partial charge on any atom is -0.507 e. The predicted octanol–water partition coefficient (Wildman–Crippen LogP) is 1.82. The molecule has 4 heteroatoms. The number of aromatic hydroxyl groups is 1. The lowest BCUT2D eigenvalue weighted by Gasteiger charge is -2.05. The van der Waals surface area contributed by atoms with Gasteiger partial charge in [-0.3, -0.25) is 4.79 Å². The fourth-order valence-electron chi connectivity index (χ4n) is 1.39. The summed E-state index contributed by atoms with van der Waals surface area (Å²) in [5.41, 5.74) is 0.974. The Bertz CT molecular complexity index is 497. The third kappa shape index (κ3) is 3.06. The smallest absolute Gasteiger partial charge is 0.259 e. The Hall–Kier alpha value is -2.33. The molecular formula is C13H13NO3. The van der Waals surface area contributed by atoms with Crippen molar-refractivity contribution in [3.8, 4) is 5.75 Å². The maximum atomic E-state index is 11.8. The SMILES string of the molecule is O.O=C(Nc1ccccc1)c1ccccc1O. The normalized spacial score (nSPS) is 9.18. The predicted molar refractivity (Wildman–Crippen MR) is 66.1 cm³/mol. The number of phenolic OH excluding ortho intramolecular Hbond substituents is 1. The maximum absolute atomic E-state index is 11.8. The Labute approximate surface area is 98.8 Å². The third-order valence-corrected chi connectivity index (χ3v) is 2.18. The van der Waals surface area contributed by atoms with Gasteiger partial charge in [-0.15, -0.1) is 0 Å². The fraction of sp³-hybridized carbons (Fsp3) is 0. The quantitative estimate of drug-likeness (QED) is 0.826. The van der Waals surface area contributed by atoms with Crippen molar-refractivity contribution in [2.45, 2.75) is 0 Å². The van der Waals surface area contributed by atoms with Crippen molar-refractivity contribution in [3.05, 3.63) is 60.2 Å². The van der Waals surface area contributed by atoms with Crippen LogP contribution in [0.4, 0.5) is 5.69 Å². The highest BCUT2D eigenvalue weighted by Gasteiger charge is 2.09. The molecule has 1 amide bonds. The number of anilines is 1. The number of para-hydroxylation sites is 2. The summed E-state index contributed by atoms with van der Waals surface area (Å²) < 4.78 is 0. The monoisotopic (exact) mass is 231 g/mol. The Balaban J connectivity index is 0.00000144. The molecule has 0 atom stereocenters. The van der Waals surface area contributed by atoms with Crippen molar-refractivity contribution in [1.82, 2.24) is 0 Å². The number of nitrogens with one attached hydrogen (secondary N) is 1. The molecule has 0 saturated heterocycles. The van der Waals surface area contributed by atoms with Crippen LogP contribution in [0, 0.1) is 0 Å². The molecule has 0 aliphatic rings. The molecule has 2 aromatic carbocycles. The topological polar surface area (TPSA) is 80.8 Å². The zero-order valence-electron chi connectivity index (χ0n) is 9.05. The first-order valence-electron chi connectivity index (χ1n) is 4.92. The van der Waals surface area contributed by atoms with Gasteiger partial charge in [0, 0.05) is 5.69 Å². The van der Waals surface area contributed by atoms with E-state index in [9.17, 15) is 9.90 Å². The molecular weight excluding hydrogens is 218 g/mol. The highest BCUT2D eigenvalue weighted by molar-refractivity contribution is 6.06. The van der Waals surface area contributed by atoms with Gasteiger partial charge in [-0.05, 0) is 24.3 Å². The number of amides is 1. The first-order valence-corrected chi connectivity index (χ1v) is 4.92. The summed E-state index contributed by atoms with van der Waals surface area (Å²) in [6.07, 6.45) is 0. The molecule has 0 fully saturated rings. The van der Waals surface area contributed by atoms with Gasteiger partial charge >= 0.3 is 0 Å². The van der Waals surface area contributed by atoms with Crippen LogP contribution in [-0.4, -0.2) is 16.5 Å². The molecule has 2 aromatic rings. The van der Waals surface area contributed by atoms with Crippen LogP contribution in [0.2, 0.25) is 0 Å². The summed E-state index contributed by atoms with van der Waals surface area (Å²) in [6.45, 7) is 0. The molecule has 4 N–H and O–H groups in total. The van der Waals surface area contributed by atoms with E-state index >= 15 is 0 Å². The number of carbonyl (C=O) groups is 1. The lowest BCUT2D eigenvalue weighted by atomic mass is 10.2. The second-order valence-electron chi connectivity index (χ2n) is 3.34. The first kappa shape index (κ1) is 12.7. The number of phenols is 1. The molecule has 0 aromatic heterocycles. The number of hydrogen-bond acceptors (Lipinski definition) is 2. The van der Waals surface area contributed by atoms with Crippen LogP contribution < -0.4 is 5.32 Å². The van der Waals surface area contributed by atoms with Crippen molar-refractivity contribution >= 4 is 11.6 Å². The van der Waals surface area contributed by atoms with Gasteiger partial charge in [0.1, 0.15) is 5.75 Å². The van der Waals surface area contributed by atoms with Crippen molar-refractivity contribution in [1.29, 1.82) is 0 Å². The minimum atomic E-state index is -0.315.